The van der Waals surface area contributed by atoms with Crippen molar-refractivity contribution in [1.29, 1.82) is 0 Å². The topological polar surface area (TPSA) is 101 Å². The van der Waals surface area contributed by atoms with Crippen LogP contribution < -0.4 is 0 Å². The molecule has 29 heavy (non-hydrogen) atoms. The Morgan fingerprint density at radius 2 is 1.83 bits per heavy atom. The number of hydrogen-bond acceptors (Lipinski definition) is 6. The molecule has 3 rings (SSSR count). The highest BCUT2D eigenvalue weighted by atomic mass is 35.5. The van der Waals surface area contributed by atoms with E-state index in [2.05, 4.69) is 4.98 Å². The molecule has 0 unspecified atom stereocenters. The summed E-state index contributed by atoms with van der Waals surface area (Å²) in [6.07, 6.45) is 1.26. The predicted octanol–water partition coefficient (Wildman–Crippen LogP) is 3.85. The number of benzene rings is 2. The Labute approximate surface area is 173 Å². The zero-order chi connectivity index (χ0) is 21.2. The van der Waals surface area contributed by atoms with Crippen molar-refractivity contribution < 1.29 is 22.8 Å². The SMILES string of the molecule is CN(O)C(=O)CCc1nc(-c2ccc(Cl)cc2)c(-c2ccccc2S(C)(=O)=O)o1. The molecular weight excluding hydrogens is 416 g/mol. The minimum atomic E-state index is -3.52. The molecule has 0 saturated carbocycles. The van der Waals surface area contributed by atoms with Crippen molar-refractivity contribution in [2.24, 2.45) is 0 Å². The first-order valence-electron chi connectivity index (χ1n) is 8.67. The van der Waals surface area contributed by atoms with Crippen LogP contribution in [0.5, 0.6) is 0 Å². The monoisotopic (exact) mass is 434 g/mol. The number of oxazole rings is 1. The molecule has 9 heteroatoms. The highest BCUT2D eigenvalue weighted by Gasteiger charge is 2.23. The normalized spacial score (nSPS) is 11.4. The van der Waals surface area contributed by atoms with Gasteiger partial charge in [-0.25, -0.2) is 18.5 Å². The number of sulfone groups is 1. The van der Waals surface area contributed by atoms with E-state index in [1.165, 1.54) is 13.1 Å². The Balaban J connectivity index is 2.13. The second-order valence-corrected chi connectivity index (χ2v) is 8.90. The van der Waals surface area contributed by atoms with E-state index in [1.54, 1.807) is 42.5 Å². The number of halogens is 1. The molecule has 1 N–H and O–H groups in total. The number of hydrogen-bond donors (Lipinski definition) is 1. The number of hydroxylamine groups is 2. The summed E-state index contributed by atoms with van der Waals surface area (Å²) in [7, 11) is -2.28. The Morgan fingerprint density at radius 3 is 2.45 bits per heavy atom. The number of aryl methyl sites for hydroxylation is 1. The lowest BCUT2D eigenvalue weighted by molar-refractivity contribution is -0.159. The van der Waals surface area contributed by atoms with Crippen molar-refractivity contribution in [3.05, 3.63) is 59.4 Å². The molecule has 0 aliphatic carbocycles. The standard InChI is InChI=1S/C20H19ClN2O5S/c1-23(25)18(24)12-11-17-22-19(13-7-9-14(21)10-8-13)20(28-17)15-5-3-4-6-16(15)29(2,26)27/h3-10,25H,11-12H2,1-2H3. The van der Waals surface area contributed by atoms with Gasteiger partial charge in [0.25, 0.3) is 0 Å². The zero-order valence-electron chi connectivity index (χ0n) is 15.8. The van der Waals surface area contributed by atoms with E-state index in [1.807, 2.05) is 0 Å². The lowest BCUT2D eigenvalue weighted by Gasteiger charge is -2.07. The molecule has 0 spiro atoms. The molecule has 0 fully saturated rings. The van der Waals surface area contributed by atoms with Crippen LogP contribution in [0.3, 0.4) is 0 Å². The van der Waals surface area contributed by atoms with Crippen molar-refractivity contribution in [2.75, 3.05) is 13.3 Å². The van der Waals surface area contributed by atoms with Crippen molar-refractivity contribution >= 4 is 27.3 Å². The molecule has 3 aromatic rings. The summed E-state index contributed by atoms with van der Waals surface area (Å²) in [5.41, 5.74) is 1.51. The summed E-state index contributed by atoms with van der Waals surface area (Å²) in [5, 5.41) is 10.3. The summed E-state index contributed by atoms with van der Waals surface area (Å²) >= 11 is 5.97. The van der Waals surface area contributed by atoms with E-state index in [4.69, 9.17) is 16.0 Å². The van der Waals surface area contributed by atoms with Crippen molar-refractivity contribution in [2.45, 2.75) is 17.7 Å². The highest BCUT2D eigenvalue weighted by Crippen LogP contribution is 2.36. The first kappa shape index (κ1) is 21.0. The fourth-order valence-electron chi connectivity index (χ4n) is 2.81. The summed E-state index contributed by atoms with van der Waals surface area (Å²) in [6.45, 7) is 0. The minimum absolute atomic E-state index is 0.0132. The third-order valence-corrected chi connectivity index (χ3v) is 5.64. The zero-order valence-corrected chi connectivity index (χ0v) is 17.4. The van der Waals surface area contributed by atoms with Crippen LogP contribution >= 0.6 is 11.6 Å². The fourth-order valence-corrected chi connectivity index (χ4v) is 3.82. The highest BCUT2D eigenvalue weighted by molar-refractivity contribution is 7.90. The van der Waals surface area contributed by atoms with Gasteiger partial charge in [0.2, 0.25) is 5.91 Å². The summed E-state index contributed by atoms with van der Waals surface area (Å²) in [5.74, 6) is 0.0472. The lowest BCUT2D eigenvalue weighted by Crippen LogP contribution is -2.22. The maximum absolute atomic E-state index is 12.3. The van der Waals surface area contributed by atoms with Crippen LogP contribution in [-0.4, -0.2) is 42.9 Å². The number of carbonyl (C=O) groups excluding carboxylic acids is 1. The van der Waals surface area contributed by atoms with E-state index in [0.717, 1.165) is 6.26 Å². The average molecular weight is 435 g/mol. The smallest absolute Gasteiger partial charge is 0.246 e. The van der Waals surface area contributed by atoms with Crippen LogP contribution in [0, 0.1) is 0 Å². The molecule has 2 aromatic carbocycles. The molecule has 7 nitrogen and oxygen atoms in total. The lowest BCUT2D eigenvalue weighted by atomic mass is 10.1. The van der Waals surface area contributed by atoms with Gasteiger partial charge in [0.1, 0.15) is 5.69 Å². The van der Waals surface area contributed by atoms with E-state index >= 15 is 0 Å². The predicted molar refractivity (Wildman–Crippen MR) is 108 cm³/mol. The molecule has 0 aliphatic heterocycles. The van der Waals surface area contributed by atoms with Crippen molar-refractivity contribution in [3.63, 3.8) is 0 Å². The second kappa shape index (κ2) is 8.36. The fraction of sp³-hybridized carbons (Fsp3) is 0.200. The summed E-state index contributed by atoms with van der Waals surface area (Å²) < 4.78 is 30.4. The van der Waals surface area contributed by atoms with Gasteiger partial charge < -0.3 is 4.42 Å². The maximum atomic E-state index is 12.3. The van der Waals surface area contributed by atoms with Crippen LogP contribution in [0.2, 0.25) is 5.02 Å². The van der Waals surface area contributed by atoms with Crippen molar-refractivity contribution in [1.82, 2.24) is 10.0 Å². The van der Waals surface area contributed by atoms with Gasteiger partial charge >= 0.3 is 0 Å². The second-order valence-electron chi connectivity index (χ2n) is 6.48. The van der Waals surface area contributed by atoms with Gasteiger partial charge in [-0.05, 0) is 24.3 Å². The van der Waals surface area contributed by atoms with Crippen LogP contribution in [0.15, 0.2) is 57.8 Å². The van der Waals surface area contributed by atoms with Gasteiger partial charge in [0, 0.05) is 42.3 Å². The first-order valence-corrected chi connectivity index (χ1v) is 10.9. The van der Waals surface area contributed by atoms with Crippen LogP contribution in [0.25, 0.3) is 22.6 Å². The van der Waals surface area contributed by atoms with Gasteiger partial charge in [0.05, 0.1) is 4.90 Å². The average Bonchev–Trinajstić information content (AvgIpc) is 3.10. The van der Waals surface area contributed by atoms with Crippen LogP contribution in [0.1, 0.15) is 12.3 Å². The van der Waals surface area contributed by atoms with E-state index in [9.17, 15) is 18.4 Å². The van der Waals surface area contributed by atoms with Gasteiger partial charge in [0.15, 0.2) is 21.5 Å². The molecule has 0 atom stereocenters. The number of aromatic nitrogens is 1. The summed E-state index contributed by atoms with van der Waals surface area (Å²) in [4.78, 5) is 16.3. The Hall–Kier alpha value is -2.68. The number of nitrogens with zero attached hydrogens (tertiary/aromatic N) is 2. The number of carbonyl (C=O) groups is 1. The molecule has 0 aliphatic rings. The van der Waals surface area contributed by atoms with Crippen molar-refractivity contribution in [3.8, 4) is 22.6 Å². The van der Waals surface area contributed by atoms with E-state index in [-0.39, 0.29) is 29.4 Å². The molecular formula is C20H19ClN2O5S. The van der Waals surface area contributed by atoms with E-state index in [0.29, 0.717) is 26.9 Å². The van der Waals surface area contributed by atoms with Gasteiger partial charge in [-0.1, -0.05) is 35.9 Å². The summed E-state index contributed by atoms with van der Waals surface area (Å²) in [6, 6.07) is 13.4. The van der Waals surface area contributed by atoms with Gasteiger partial charge in [-0.15, -0.1) is 0 Å². The van der Waals surface area contributed by atoms with Gasteiger partial charge in [-0.3, -0.25) is 10.0 Å². The van der Waals surface area contributed by atoms with Gasteiger partial charge in [-0.2, -0.15) is 0 Å². The Kier molecular flexibility index (Phi) is 6.07. The molecule has 0 radical (unpaired) electrons. The molecule has 1 aromatic heterocycles. The number of rotatable bonds is 6. The Bertz CT molecular complexity index is 1140. The third-order valence-electron chi connectivity index (χ3n) is 4.23. The first-order chi connectivity index (χ1) is 13.7. The number of amides is 1. The largest absolute Gasteiger partial charge is 0.440 e. The third kappa shape index (κ3) is 4.84. The molecule has 1 heterocycles. The van der Waals surface area contributed by atoms with E-state index < -0.39 is 15.7 Å². The quantitative estimate of drug-likeness (QED) is 0.467. The molecule has 152 valence electrons. The minimum Gasteiger partial charge on any atom is -0.440 e. The maximum Gasteiger partial charge on any atom is 0.246 e. The molecule has 0 saturated heterocycles. The van der Waals surface area contributed by atoms with Crippen LogP contribution in [0.4, 0.5) is 0 Å². The molecule has 0 bridgehead atoms. The Morgan fingerprint density at radius 1 is 1.17 bits per heavy atom. The molecule has 1 amide bonds. The van der Waals surface area contributed by atoms with Crippen LogP contribution in [-0.2, 0) is 21.1 Å².